The maximum Gasteiger partial charge on any atom is 0.356 e. The Kier molecular flexibility index (Phi) is 4.51. The second kappa shape index (κ2) is 6.45. The van der Waals surface area contributed by atoms with Crippen LogP contribution in [0.3, 0.4) is 0 Å². The number of aromatic nitrogens is 2. The zero-order valence-electron chi connectivity index (χ0n) is 12.9. The van der Waals surface area contributed by atoms with Crippen molar-refractivity contribution in [3.8, 4) is 5.69 Å². The first kappa shape index (κ1) is 16.8. The summed E-state index contributed by atoms with van der Waals surface area (Å²) in [5.41, 5.74) is 2.03. The van der Waals surface area contributed by atoms with Gasteiger partial charge in [-0.15, -0.1) is 11.6 Å². The number of alkyl halides is 1. The summed E-state index contributed by atoms with van der Waals surface area (Å²) in [5, 5.41) is 13.6. The molecule has 0 fully saturated rings. The van der Waals surface area contributed by atoms with Gasteiger partial charge in [0.1, 0.15) is 5.38 Å². The van der Waals surface area contributed by atoms with Crippen molar-refractivity contribution in [1.29, 1.82) is 0 Å². The average molecular weight is 368 g/mol. The molecule has 1 aliphatic heterocycles. The van der Waals surface area contributed by atoms with Crippen molar-refractivity contribution in [2.45, 2.75) is 25.3 Å². The fourth-order valence-corrected chi connectivity index (χ4v) is 3.09. The van der Waals surface area contributed by atoms with Gasteiger partial charge in [0.2, 0.25) is 5.91 Å². The Labute approximate surface area is 148 Å². The molecule has 0 radical (unpaired) electrons. The van der Waals surface area contributed by atoms with Gasteiger partial charge in [-0.05, 0) is 31.2 Å². The van der Waals surface area contributed by atoms with Crippen LogP contribution in [-0.4, -0.2) is 43.6 Å². The summed E-state index contributed by atoms with van der Waals surface area (Å²) in [6.45, 7) is 2.27. The number of hydrogen-bond donors (Lipinski definition) is 1. The Morgan fingerprint density at radius 3 is 2.54 bits per heavy atom. The number of fused-ring (bicyclic) bond motifs is 1. The summed E-state index contributed by atoms with van der Waals surface area (Å²) in [5.74, 6) is -1.33. The Morgan fingerprint density at radius 2 is 1.96 bits per heavy atom. The predicted molar refractivity (Wildman–Crippen MR) is 90.0 cm³/mol. The van der Waals surface area contributed by atoms with Gasteiger partial charge in [-0.25, -0.2) is 9.48 Å². The minimum atomic E-state index is -1.12. The van der Waals surface area contributed by atoms with Crippen molar-refractivity contribution in [2.24, 2.45) is 0 Å². The first-order valence-corrected chi connectivity index (χ1v) is 8.22. The minimum absolute atomic E-state index is 0.0420. The Morgan fingerprint density at radius 1 is 1.29 bits per heavy atom. The Balaban J connectivity index is 2.04. The topological polar surface area (TPSA) is 75.4 Å². The highest BCUT2D eigenvalue weighted by Gasteiger charge is 2.31. The van der Waals surface area contributed by atoms with Crippen LogP contribution >= 0.6 is 23.2 Å². The van der Waals surface area contributed by atoms with Crippen LogP contribution in [-0.2, 0) is 17.8 Å². The summed E-state index contributed by atoms with van der Waals surface area (Å²) >= 11 is 11.8. The third-order valence-electron chi connectivity index (χ3n) is 3.98. The Hall–Kier alpha value is -2.05. The van der Waals surface area contributed by atoms with Gasteiger partial charge in [0, 0.05) is 30.1 Å². The van der Waals surface area contributed by atoms with Crippen molar-refractivity contribution in [3.63, 3.8) is 0 Å². The lowest BCUT2D eigenvalue weighted by molar-refractivity contribution is -0.131. The monoisotopic (exact) mass is 367 g/mol. The van der Waals surface area contributed by atoms with E-state index in [9.17, 15) is 14.7 Å². The second-order valence-electron chi connectivity index (χ2n) is 5.59. The van der Waals surface area contributed by atoms with Crippen molar-refractivity contribution < 1.29 is 14.7 Å². The van der Waals surface area contributed by atoms with E-state index in [1.54, 1.807) is 40.8 Å². The molecule has 1 unspecified atom stereocenters. The van der Waals surface area contributed by atoms with Crippen LogP contribution in [0.1, 0.15) is 28.7 Å². The van der Waals surface area contributed by atoms with Gasteiger partial charge in [-0.3, -0.25) is 4.79 Å². The van der Waals surface area contributed by atoms with Crippen LogP contribution in [0, 0.1) is 0 Å². The molecular weight excluding hydrogens is 353 g/mol. The molecule has 1 aromatic heterocycles. The first-order valence-electron chi connectivity index (χ1n) is 7.41. The molecule has 0 spiro atoms. The van der Waals surface area contributed by atoms with Crippen LogP contribution in [0.25, 0.3) is 5.69 Å². The molecule has 1 aromatic carbocycles. The molecule has 2 heterocycles. The minimum Gasteiger partial charge on any atom is -0.476 e. The predicted octanol–water partition coefficient (Wildman–Crippen LogP) is 2.74. The number of rotatable bonds is 3. The molecule has 1 amide bonds. The lowest BCUT2D eigenvalue weighted by atomic mass is 10.0. The van der Waals surface area contributed by atoms with Crippen molar-refractivity contribution in [1.82, 2.24) is 14.7 Å². The number of carbonyl (C=O) groups excluding carboxylic acids is 1. The largest absolute Gasteiger partial charge is 0.476 e. The van der Waals surface area contributed by atoms with Gasteiger partial charge in [-0.2, -0.15) is 5.10 Å². The molecule has 126 valence electrons. The van der Waals surface area contributed by atoms with Crippen LogP contribution in [0.15, 0.2) is 24.3 Å². The van der Waals surface area contributed by atoms with Crippen LogP contribution in [0.4, 0.5) is 0 Å². The molecule has 0 bridgehead atoms. The summed E-state index contributed by atoms with van der Waals surface area (Å²) in [7, 11) is 0. The summed E-state index contributed by atoms with van der Waals surface area (Å²) in [6.07, 6.45) is 0.508. The van der Waals surface area contributed by atoms with Gasteiger partial charge < -0.3 is 10.0 Å². The van der Waals surface area contributed by atoms with Crippen molar-refractivity contribution in [2.75, 3.05) is 6.54 Å². The van der Waals surface area contributed by atoms with Gasteiger partial charge in [0.15, 0.2) is 5.69 Å². The van der Waals surface area contributed by atoms with E-state index in [4.69, 9.17) is 23.2 Å². The zero-order valence-corrected chi connectivity index (χ0v) is 14.4. The summed E-state index contributed by atoms with van der Waals surface area (Å²) in [6, 6.07) is 7.00. The van der Waals surface area contributed by atoms with Crippen LogP contribution in [0.5, 0.6) is 0 Å². The molecule has 1 aliphatic rings. The average Bonchev–Trinajstić information content (AvgIpc) is 2.93. The quantitative estimate of drug-likeness (QED) is 0.846. The highest BCUT2D eigenvalue weighted by atomic mass is 35.5. The van der Waals surface area contributed by atoms with Crippen molar-refractivity contribution >= 4 is 35.1 Å². The van der Waals surface area contributed by atoms with E-state index < -0.39 is 11.3 Å². The number of amides is 1. The summed E-state index contributed by atoms with van der Waals surface area (Å²) < 4.78 is 1.61. The molecule has 0 saturated heterocycles. The van der Waals surface area contributed by atoms with E-state index in [0.717, 1.165) is 11.4 Å². The molecule has 24 heavy (non-hydrogen) atoms. The molecule has 8 heteroatoms. The molecule has 0 saturated carbocycles. The maximum absolute atomic E-state index is 12.1. The normalized spacial score (nSPS) is 15.0. The van der Waals surface area contributed by atoms with Crippen LogP contribution in [0.2, 0.25) is 5.02 Å². The van der Waals surface area contributed by atoms with Crippen molar-refractivity contribution in [3.05, 3.63) is 46.2 Å². The summed E-state index contributed by atoms with van der Waals surface area (Å²) in [4.78, 5) is 25.2. The van der Waals surface area contributed by atoms with E-state index in [2.05, 4.69) is 5.10 Å². The van der Waals surface area contributed by atoms with E-state index in [0.29, 0.717) is 23.6 Å². The number of carboxylic acid groups (broad SMARTS) is 1. The Bertz CT molecular complexity index is 800. The zero-order chi connectivity index (χ0) is 17.4. The number of benzene rings is 1. The molecule has 2 aromatic rings. The second-order valence-corrected chi connectivity index (χ2v) is 6.68. The fraction of sp³-hybridized carbons (Fsp3) is 0.312. The van der Waals surface area contributed by atoms with E-state index in [-0.39, 0.29) is 18.1 Å². The standard InChI is InChI=1S/C16H15Cl2N3O3/c1-9(17)15(22)20-7-6-13-12(8-20)14(16(23)24)19-21(13)11-4-2-10(18)3-5-11/h2-5,9H,6-8H2,1H3,(H,23,24). The van der Waals surface area contributed by atoms with Gasteiger partial charge in [-0.1, -0.05) is 11.6 Å². The van der Waals surface area contributed by atoms with Gasteiger partial charge in [0.25, 0.3) is 0 Å². The van der Waals surface area contributed by atoms with Gasteiger partial charge >= 0.3 is 5.97 Å². The molecule has 3 rings (SSSR count). The lowest BCUT2D eigenvalue weighted by Gasteiger charge is -2.28. The lowest BCUT2D eigenvalue weighted by Crippen LogP contribution is -2.40. The van der Waals surface area contributed by atoms with E-state index in [1.165, 1.54) is 0 Å². The fourth-order valence-electron chi connectivity index (χ4n) is 2.83. The third-order valence-corrected chi connectivity index (χ3v) is 4.42. The van der Waals surface area contributed by atoms with E-state index in [1.807, 2.05) is 0 Å². The van der Waals surface area contributed by atoms with E-state index >= 15 is 0 Å². The number of carbonyl (C=O) groups is 2. The first-order chi connectivity index (χ1) is 11.4. The van der Waals surface area contributed by atoms with Crippen LogP contribution < -0.4 is 0 Å². The third kappa shape index (κ3) is 2.99. The number of hydrogen-bond acceptors (Lipinski definition) is 3. The highest BCUT2D eigenvalue weighted by molar-refractivity contribution is 6.30. The number of halogens is 2. The number of carboxylic acids is 1. The maximum atomic E-state index is 12.1. The number of nitrogens with zero attached hydrogens (tertiary/aromatic N) is 3. The SMILES string of the molecule is CC(Cl)C(=O)N1CCc2c(c(C(=O)O)nn2-c2ccc(Cl)cc2)C1. The smallest absolute Gasteiger partial charge is 0.356 e. The molecular formula is C16H15Cl2N3O3. The number of aromatic carboxylic acids is 1. The molecule has 1 N–H and O–H groups in total. The molecule has 0 aliphatic carbocycles. The molecule has 6 nitrogen and oxygen atoms in total. The molecule has 1 atom stereocenters. The van der Waals surface area contributed by atoms with Gasteiger partial charge in [0.05, 0.1) is 11.4 Å². The highest BCUT2D eigenvalue weighted by Crippen LogP contribution is 2.26.